The number of carbonyl (C=O) groups is 1. The first-order valence-corrected chi connectivity index (χ1v) is 7.09. The molecule has 0 aliphatic carbocycles. The maximum atomic E-state index is 11.9. The Morgan fingerprint density at radius 2 is 2.21 bits per heavy atom. The average molecular weight is 293 g/mol. The van der Waals surface area contributed by atoms with Crippen molar-refractivity contribution in [1.29, 1.82) is 0 Å². The van der Waals surface area contributed by atoms with E-state index in [0.717, 1.165) is 11.3 Å². The zero-order valence-electron chi connectivity index (χ0n) is 10.4. The molecule has 2 rings (SSSR count). The van der Waals surface area contributed by atoms with Crippen LogP contribution >= 0.6 is 22.9 Å². The van der Waals surface area contributed by atoms with E-state index >= 15 is 0 Å². The van der Waals surface area contributed by atoms with E-state index in [1.807, 2.05) is 31.2 Å². The Labute approximate surface area is 121 Å². The van der Waals surface area contributed by atoms with E-state index in [1.54, 1.807) is 24.3 Å². The molecule has 0 fully saturated rings. The van der Waals surface area contributed by atoms with Crippen LogP contribution in [0.15, 0.2) is 42.5 Å². The molecule has 0 radical (unpaired) electrons. The molecule has 0 saturated carbocycles. The largest absolute Gasteiger partial charge is 0.494 e. The highest BCUT2D eigenvalue weighted by Gasteiger charge is 2.04. The topological polar surface area (TPSA) is 26.3 Å². The zero-order valence-corrected chi connectivity index (χ0v) is 12.0. The molecule has 0 unspecified atom stereocenters. The summed E-state index contributed by atoms with van der Waals surface area (Å²) in [6.45, 7) is 2.56. The van der Waals surface area contributed by atoms with Crippen LogP contribution in [0.5, 0.6) is 5.75 Å². The SMILES string of the molecule is CCOc1cccc(C=CC(=O)c2ccc(Cl)s2)c1. The van der Waals surface area contributed by atoms with Gasteiger partial charge in [0.2, 0.25) is 0 Å². The molecule has 1 heterocycles. The van der Waals surface area contributed by atoms with Gasteiger partial charge in [-0.25, -0.2) is 0 Å². The minimum atomic E-state index is -0.0429. The molecular formula is C15H13ClO2S. The zero-order chi connectivity index (χ0) is 13.7. The predicted octanol–water partition coefficient (Wildman–Crippen LogP) is 4.70. The lowest BCUT2D eigenvalue weighted by molar-refractivity contribution is 0.105. The first kappa shape index (κ1) is 13.8. The highest BCUT2D eigenvalue weighted by atomic mass is 35.5. The molecule has 0 N–H and O–H groups in total. The summed E-state index contributed by atoms with van der Waals surface area (Å²) in [6, 6.07) is 11.1. The lowest BCUT2D eigenvalue weighted by atomic mass is 10.2. The molecule has 0 saturated heterocycles. The summed E-state index contributed by atoms with van der Waals surface area (Å²) in [5, 5.41) is 0. The maximum Gasteiger partial charge on any atom is 0.195 e. The summed E-state index contributed by atoms with van der Waals surface area (Å²) >= 11 is 7.09. The molecular weight excluding hydrogens is 280 g/mol. The summed E-state index contributed by atoms with van der Waals surface area (Å²) in [4.78, 5) is 12.5. The van der Waals surface area contributed by atoms with Crippen LogP contribution in [0.2, 0.25) is 4.34 Å². The van der Waals surface area contributed by atoms with Crippen LogP contribution in [0.1, 0.15) is 22.2 Å². The minimum Gasteiger partial charge on any atom is -0.494 e. The predicted molar refractivity (Wildman–Crippen MR) is 80.3 cm³/mol. The first-order chi connectivity index (χ1) is 9.19. The molecule has 2 aromatic rings. The number of ketones is 1. The van der Waals surface area contributed by atoms with E-state index in [4.69, 9.17) is 16.3 Å². The van der Waals surface area contributed by atoms with Gasteiger partial charge in [-0.3, -0.25) is 4.79 Å². The summed E-state index contributed by atoms with van der Waals surface area (Å²) in [7, 11) is 0. The molecule has 1 aromatic carbocycles. The molecule has 0 aliphatic rings. The highest BCUT2D eigenvalue weighted by Crippen LogP contribution is 2.22. The molecule has 0 aliphatic heterocycles. The number of ether oxygens (including phenoxy) is 1. The van der Waals surface area contributed by atoms with Crippen LogP contribution in [-0.2, 0) is 0 Å². The fourth-order valence-corrected chi connectivity index (χ4v) is 2.54. The van der Waals surface area contributed by atoms with Gasteiger partial charge >= 0.3 is 0 Å². The van der Waals surface area contributed by atoms with Crippen LogP contribution in [0.4, 0.5) is 0 Å². The minimum absolute atomic E-state index is 0.0429. The lowest BCUT2D eigenvalue weighted by Gasteiger charge is -2.02. The number of benzene rings is 1. The number of allylic oxidation sites excluding steroid dienone is 1. The van der Waals surface area contributed by atoms with E-state index in [9.17, 15) is 4.79 Å². The van der Waals surface area contributed by atoms with Crippen molar-refractivity contribution >= 4 is 34.8 Å². The van der Waals surface area contributed by atoms with Crippen molar-refractivity contribution in [3.63, 3.8) is 0 Å². The molecule has 1 aromatic heterocycles. The van der Waals surface area contributed by atoms with Gasteiger partial charge in [-0.15, -0.1) is 11.3 Å². The van der Waals surface area contributed by atoms with Gasteiger partial charge in [0.15, 0.2) is 5.78 Å². The monoisotopic (exact) mass is 292 g/mol. The number of halogens is 1. The second kappa shape index (κ2) is 6.55. The Bertz CT molecular complexity index is 602. The smallest absolute Gasteiger partial charge is 0.195 e. The van der Waals surface area contributed by atoms with Crippen molar-refractivity contribution < 1.29 is 9.53 Å². The van der Waals surface area contributed by atoms with Gasteiger partial charge in [-0.05, 0) is 42.8 Å². The van der Waals surface area contributed by atoms with E-state index in [-0.39, 0.29) is 5.78 Å². The number of hydrogen-bond acceptors (Lipinski definition) is 3. The molecule has 0 amide bonds. The van der Waals surface area contributed by atoms with Gasteiger partial charge in [0, 0.05) is 0 Å². The van der Waals surface area contributed by atoms with Crippen LogP contribution in [0.3, 0.4) is 0 Å². The van der Waals surface area contributed by atoms with Crippen LogP contribution in [-0.4, -0.2) is 12.4 Å². The molecule has 0 atom stereocenters. The lowest BCUT2D eigenvalue weighted by Crippen LogP contribution is -1.91. The van der Waals surface area contributed by atoms with Gasteiger partial charge in [0.1, 0.15) is 5.75 Å². The van der Waals surface area contributed by atoms with Crippen molar-refractivity contribution in [2.24, 2.45) is 0 Å². The third-order valence-electron chi connectivity index (χ3n) is 2.41. The molecule has 19 heavy (non-hydrogen) atoms. The summed E-state index contributed by atoms with van der Waals surface area (Å²) in [5.74, 6) is 0.759. The Balaban J connectivity index is 2.09. The van der Waals surface area contributed by atoms with E-state index in [2.05, 4.69) is 0 Å². The Hall–Kier alpha value is -1.58. The maximum absolute atomic E-state index is 11.9. The van der Waals surface area contributed by atoms with Gasteiger partial charge < -0.3 is 4.74 Å². The summed E-state index contributed by atoms with van der Waals surface area (Å²) in [6.07, 6.45) is 3.33. The molecule has 4 heteroatoms. The van der Waals surface area contributed by atoms with Crippen molar-refractivity contribution in [2.75, 3.05) is 6.61 Å². The Kier molecular flexibility index (Phi) is 4.77. The molecule has 98 valence electrons. The van der Waals surface area contributed by atoms with Gasteiger partial charge in [-0.1, -0.05) is 29.8 Å². The average Bonchev–Trinajstić information content (AvgIpc) is 2.84. The number of rotatable bonds is 5. The van der Waals surface area contributed by atoms with Gasteiger partial charge in [-0.2, -0.15) is 0 Å². The van der Waals surface area contributed by atoms with Crippen LogP contribution < -0.4 is 4.74 Å². The van der Waals surface area contributed by atoms with Crippen molar-refractivity contribution in [3.05, 3.63) is 57.3 Å². The summed E-state index contributed by atoms with van der Waals surface area (Å²) < 4.78 is 6.03. The Morgan fingerprint density at radius 3 is 2.89 bits per heavy atom. The number of hydrogen-bond donors (Lipinski definition) is 0. The first-order valence-electron chi connectivity index (χ1n) is 5.89. The second-order valence-corrected chi connectivity index (χ2v) is 5.52. The fraction of sp³-hybridized carbons (Fsp3) is 0.133. The number of thiophene rings is 1. The third kappa shape index (κ3) is 3.94. The molecule has 0 bridgehead atoms. The summed E-state index contributed by atoms with van der Waals surface area (Å²) in [5.41, 5.74) is 0.932. The highest BCUT2D eigenvalue weighted by molar-refractivity contribution is 7.18. The van der Waals surface area contributed by atoms with Crippen molar-refractivity contribution in [1.82, 2.24) is 0 Å². The Morgan fingerprint density at radius 1 is 1.37 bits per heavy atom. The van der Waals surface area contributed by atoms with Gasteiger partial charge in [0.05, 0.1) is 15.8 Å². The van der Waals surface area contributed by atoms with Gasteiger partial charge in [0.25, 0.3) is 0 Å². The van der Waals surface area contributed by atoms with Crippen LogP contribution in [0.25, 0.3) is 6.08 Å². The van der Waals surface area contributed by atoms with Crippen molar-refractivity contribution in [2.45, 2.75) is 6.92 Å². The third-order valence-corrected chi connectivity index (χ3v) is 3.66. The van der Waals surface area contributed by atoms with E-state index < -0.39 is 0 Å². The standard InChI is InChI=1S/C15H13ClO2S/c1-2-18-12-5-3-4-11(10-12)6-7-13(17)14-8-9-15(16)19-14/h3-10H,2H2,1H3. The van der Waals surface area contributed by atoms with E-state index in [1.165, 1.54) is 11.3 Å². The van der Waals surface area contributed by atoms with E-state index in [0.29, 0.717) is 15.8 Å². The number of carbonyl (C=O) groups excluding carboxylic acids is 1. The van der Waals surface area contributed by atoms with Crippen molar-refractivity contribution in [3.8, 4) is 5.75 Å². The fourth-order valence-electron chi connectivity index (χ4n) is 1.58. The molecule has 2 nitrogen and oxygen atoms in total. The molecule has 0 spiro atoms. The normalized spacial score (nSPS) is 10.8. The van der Waals surface area contributed by atoms with Crippen LogP contribution in [0, 0.1) is 0 Å². The second-order valence-electron chi connectivity index (χ2n) is 3.81. The quantitative estimate of drug-likeness (QED) is 0.590.